The lowest BCUT2D eigenvalue weighted by molar-refractivity contribution is -0.130. The van der Waals surface area contributed by atoms with Gasteiger partial charge in [0.05, 0.1) is 26.5 Å². The molecule has 212 valence electrons. The van der Waals surface area contributed by atoms with Gasteiger partial charge in [0.2, 0.25) is 11.8 Å². The number of hydrogen-bond acceptors (Lipinski definition) is 7. The fraction of sp³-hybridized carbons (Fsp3) is 0.414. The normalized spacial score (nSPS) is 18.9. The number of amides is 3. The average molecular weight is 549 g/mol. The van der Waals surface area contributed by atoms with E-state index in [9.17, 15) is 14.4 Å². The number of carbonyl (C=O) groups excluding carboxylic acids is 3. The van der Waals surface area contributed by atoms with E-state index in [-0.39, 0.29) is 24.8 Å². The number of methoxy groups -OCH3 is 1. The van der Waals surface area contributed by atoms with Crippen LogP contribution in [0.1, 0.15) is 48.3 Å². The van der Waals surface area contributed by atoms with Crippen LogP contribution in [0.15, 0.2) is 54.7 Å². The van der Waals surface area contributed by atoms with Crippen molar-refractivity contribution in [1.82, 2.24) is 30.9 Å². The summed E-state index contributed by atoms with van der Waals surface area (Å²) in [5.74, 6) is -0.189. The molecular weight excluding hydrogens is 512 g/mol. The first kappa shape index (κ1) is 28.6. The van der Waals surface area contributed by atoms with Crippen molar-refractivity contribution >= 4 is 17.7 Å². The molecule has 3 N–H and O–H groups in total. The van der Waals surface area contributed by atoms with Crippen molar-refractivity contribution in [2.75, 3.05) is 13.7 Å². The van der Waals surface area contributed by atoms with Crippen LogP contribution in [-0.4, -0.2) is 58.5 Å². The zero-order chi connectivity index (χ0) is 28.5. The molecule has 2 atom stereocenters. The molecule has 3 aromatic rings. The number of hydrogen-bond donors (Lipinski definition) is 3. The Morgan fingerprint density at radius 1 is 1.05 bits per heavy atom. The zero-order valence-corrected chi connectivity index (χ0v) is 23.1. The summed E-state index contributed by atoms with van der Waals surface area (Å²) in [4.78, 5) is 40.1. The lowest BCUT2D eigenvalue weighted by Gasteiger charge is -2.24. The van der Waals surface area contributed by atoms with Gasteiger partial charge in [-0.15, -0.1) is 5.10 Å². The number of ether oxygens (including phenoxy) is 2. The number of aryl methyl sites for hydroxylation is 1. The molecule has 1 aliphatic rings. The minimum absolute atomic E-state index is 0.108. The molecule has 1 aromatic heterocycles. The molecule has 4 bridgehead atoms. The molecule has 11 heteroatoms. The van der Waals surface area contributed by atoms with Crippen molar-refractivity contribution in [3.8, 4) is 11.5 Å². The summed E-state index contributed by atoms with van der Waals surface area (Å²) >= 11 is 0. The van der Waals surface area contributed by atoms with Crippen LogP contribution in [0.25, 0.3) is 0 Å². The Morgan fingerprint density at radius 3 is 2.60 bits per heavy atom. The van der Waals surface area contributed by atoms with Crippen LogP contribution in [0.4, 0.5) is 0 Å². The number of carbonyl (C=O) groups is 3. The monoisotopic (exact) mass is 548 g/mol. The first-order chi connectivity index (χ1) is 19.3. The maximum absolute atomic E-state index is 13.5. The van der Waals surface area contributed by atoms with Gasteiger partial charge < -0.3 is 25.4 Å². The van der Waals surface area contributed by atoms with Crippen molar-refractivity contribution in [3.05, 3.63) is 71.5 Å². The van der Waals surface area contributed by atoms with E-state index in [4.69, 9.17) is 9.47 Å². The Labute approximate surface area is 233 Å². The summed E-state index contributed by atoms with van der Waals surface area (Å²) in [6.45, 7) is 4.99. The first-order valence-corrected chi connectivity index (χ1v) is 13.4. The van der Waals surface area contributed by atoms with Gasteiger partial charge in [0, 0.05) is 24.9 Å². The van der Waals surface area contributed by atoms with E-state index in [0.717, 1.165) is 5.56 Å². The first-order valence-electron chi connectivity index (χ1n) is 13.4. The zero-order valence-electron chi connectivity index (χ0n) is 23.1. The quantitative estimate of drug-likeness (QED) is 0.445. The van der Waals surface area contributed by atoms with E-state index < -0.39 is 23.9 Å². The van der Waals surface area contributed by atoms with Crippen molar-refractivity contribution in [1.29, 1.82) is 0 Å². The fourth-order valence-electron chi connectivity index (χ4n) is 4.44. The highest BCUT2D eigenvalue weighted by Crippen LogP contribution is 2.28. The van der Waals surface area contributed by atoms with E-state index >= 15 is 0 Å². The van der Waals surface area contributed by atoms with Gasteiger partial charge in [0.15, 0.2) is 11.5 Å². The summed E-state index contributed by atoms with van der Waals surface area (Å²) in [6.07, 6.45) is 3.07. The molecule has 0 radical (unpaired) electrons. The number of aromatic nitrogens is 3. The van der Waals surface area contributed by atoms with Gasteiger partial charge in [-0.05, 0) is 36.1 Å². The second-order valence-corrected chi connectivity index (χ2v) is 10.2. The average Bonchev–Trinajstić information content (AvgIpc) is 3.40. The molecule has 3 amide bonds. The molecule has 2 heterocycles. The van der Waals surface area contributed by atoms with Gasteiger partial charge >= 0.3 is 0 Å². The van der Waals surface area contributed by atoms with Gasteiger partial charge in [-0.1, -0.05) is 49.4 Å². The van der Waals surface area contributed by atoms with Gasteiger partial charge in [-0.3, -0.25) is 19.1 Å². The van der Waals surface area contributed by atoms with E-state index in [2.05, 4.69) is 26.3 Å². The van der Waals surface area contributed by atoms with Crippen LogP contribution in [0.2, 0.25) is 0 Å². The van der Waals surface area contributed by atoms with Gasteiger partial charge in [0.25, 0.3) is 5.91 Å². The lowest BCUT2D eigenvalue weighted by Crippen LogP contribution is -2.54. The highest BCUT2D eigenvalue weighted by atomic mass is 16.5. The standard InChI is InChI=1S/C29H36N6O5/c1-19(2)14-23-29(38)32-24(15-20-8-5-4-6-9-20)28(37)30-17-22-18-35(34-33-22)12-7-13-40-26-16-21(27(36)31-23)10-11-25(26)39-3/h4-6,8-11,16,18-19,23-24H,7,12-15,17H2,1-3H3,(H,30,37)(H,31,36)(H,32,38)/t23-,24-/m1/s1. The largest absolute Gasteiger partial charge is 0.493 e. The molecular formula is C29H36N6O5. The van der Waals surface area contributed by atoms with Crippen LogP contribution in [0, 0.1) is 5.92 Å². The van der Waals surface area contributed by atoms with Crippen LogP contribution >= 0.6 is 0 Å². The Hall–Kier alpha value is -4.41. The van der Waals surface area contributed by atoms with Crippen molar-refractivity contribution in [2.24, 2.45) is 5.92 Å². The second-order valence-electron chi connectivity index (χ2n) is 10.2. The molecule has 1 aliphatic heterocycles. The number of fused-ring (bicyclic) bond motifs is 4. The van der Waals surface area contributed by atoms with Crippen LogP contribution in [0.5, 0.6) is 11.5 Å². The SMILES string of the molecule is COc1ccc2cc1OCCCn1cc(nn1)CNC(=O)[C@@H](Cc1ccccc1)NC(=O)[C@@H](CC(C)C)NC2=O. The minimum Gasteiger partial charge on any atom is -0.493 e. The number of benzene rings is 2. The van der Waals surface area contributed by atoms with E-state index in [1.807, 2.05) is 44.2 Å². The minimum atomic E-state index is -0.861. The Kier molecular flexibility index (Phi) is 9.71. The third-order valence-corrected chi connectivity index (χ3v) is 6.49. The topological polar surface area (TPSA) is 136 Å². The summed E-state index contributed by atoms with van der Waals surface area (Å²) in [5.41, 5.74) is 1.81. The molecule has 0 unspecified atom stereocenters. The van der Waals surface area contributed by atoms with Crippen LogP contribution in [0.3, 0.4) is 0 Å². The molecule has 11 nitrogen and oxygen atoms in total. The highest BCUT2D eigenvalue weighted by molar-refractivity contribution is 5.98. The van der Waals surface area contributed by atoms with Crippen molar-refractivity contribution < 1.29 is 23.9 Å². The maximum atomic E-state index is 13.5. The van der Waals surface area contributed by atoms with Gasteiger partial charge in [-0.25, -0.2) is 0 Å². The molecule has 2 aromatic carbocycles. The Bertz CT molecular complexity index is 1310. The van der Waals surface area contributed by atoms with E-state index in [0.29, 0.717) is 48.7 Å². The van der Waals surface area contributed by atoms with E-state index in [1.165, 1.54) is 7.11 Å². The fourth-order valence-corrected chi connectivity index (χ4v) is 4.44. The summed E-state index contributed by atoms with van der Waals surface area (Å²) < 4.78 is 13.0. The predicted octanol–water partition coefficient (Wildman–Crippen LogP) is 2.26. The van der Waals surface area contributed by atoms with Crippen molar-refractivity contribution in [2.45, 2.75) is 58.3 Å². The number of nitrogens with one attached hydrogen (secondary N) is 3. The smallest absolute Gasteiger partial charge is 0.252 e. The third-order valence-electron chi connectivity index (χ3n) is 6.49. The predicted molar refractivity (Wildman–Crippen MR) is 148 cm³/mol. The molecule has 0 saturated heterocycles. The third kappa shape index (κ3) is 7.81. The van der Waals surface area contributed by atoms with Crippen LogP contribution < -0.4 is 25.4 Å². The molecule has 4 rings (SSSR count). The molecule has 0 aliphatic carbocycles. The Balaban J connectivity index is 1.64. The van der Waals surface area contributed by atoms with Crippen molar-refractivity contribution in [3.63, 3.8) is 0 Å². The highest BCUT2D eigenvalue weighted by Gasteiger charge is 2.28. The van der Waals surface area contributed by atoms with Gasteiger partial charge in [-0.2, -0.15) is 0 Å². The lowest BCUT2D eigenvalue weighted by atomic mass is 10.0. The summed E-state index contributed by atoms with van der Waals surface area (Å²) in [7, 11) is 1.53. The number of nitrogens with zero attached hydrogens (tertiary/aromatic N) is 3. The Morgan fingerprint density at radius 2 is 1.85 bits per heavy atom. The molecule has 0 saturated carbocycles. The van der Waals surface area contributed by atoms with Gasteiger partial charge in [0.1, 0.15) is 17.8 Å². The molecule has 40 heavy (non-hydrogen) atoms. The molecule has 0 spiro atoms. The summed E-state index contributed by atoms with van der Waals surface area (Å²) in [5, 5.41) is 16.9. The van der Waals surface area contributed by atoms with Crippen LogP contribution in [-0.2, 0) is 29.1 Å². The molecule has 0 fully saturated rings. The number of rotatable bonds is 5. The summed E-state index contributed by atoms with van der Waals surface area (Å²) in [6, 6.07) is 12.6. The van der Waals surface area contributed by atoms with E-state index in [1.54, 1.807) is 29.1 Å². The maximum Gasteiger partial charge on any atom is 0.252 e. The second kappa shape index (κ2) is 13.6.